The van der Waals surface area contributed by atoms with E-state index in [9.17, 15) is 4.79 Å². The largest absolute Gasteiger partial charge is 0.497 e. The molecule has 4 aromatic rings. The highest BCUT2D eigenvalue weighted by atomic mass is 32.1. The predicted molar refractivity (Wildman–Crippen MR) is 114 cm³/mol. The highest BCUT2D eigenvalue weighted by molar-refractivity contribution is 7.22. The van der Waals surface area contributed by atoms with Crippen molar-refractivity contribution in [1.82, 2.24) is 14.8 Å². The number of anilines is 1. The lowest BCUT2D eigenvalue weighted by Gasteiger charge is -2.01. The summed E-state index contributed by atoms with van der Waals surface area (Å²) < 4.78 is 13.3. The van der Waals surface area contributed by atoms with E-state index < -0.39 is 0 Å². The Morgan fingerprint density at radius 2 is 2.03 bits per heavy atom. The second kappa shape index (κ2) is 7.92. The van der Waals surface area contributed by atoms with Crippen molar-refractivity contribution >= 4 is 32.6 Å². The second-order valence-corrected chi connectivity index (χ2v) is 7.34. The number of nitrogens with one attached hydrogen (secondary N) is 1. The van der Waals surface area contributed by atoms with Crippen molar-refractivity contribution in [2.24, 2.45) is 7.05 Å². The molecule has 0 aliphatic heterocycles. The molecule has 2 aromatic heterocycles. The molecule has 4 rings (SSSR count). The molecule has 0 aliphatic carbocycles. The Kier molecular flexibility index (Phi) is 5.18. The Morgan fingerprint density at radius 3 is 2.83 bits per heavy atom. The van der Waals surface area contributed by atoms with Gasteiger partial charge in [-0.1, -0.05) is 23.5 Å². The highest BCUT2D eigenvalue weighted by Gasteiger charge is 2.17. The summed E-state index contributed by atoms with van der Waals surface area (Å²) in [5, 5.41) is 7.86. The van der Waals surface area contributed by atoms with Gasteiger partial charge in [0.25, 0.3) is 5.91 Å². The zero-order valence-corrected chi connectivity index (χ0v) is 17.1. The molecular weight excluding hydrogens is 388 g/mol. The van der Waals surface area contributed by atoms with Crippen molar-refractivity contribution in [3.63, 3.8) is 0 Å². The molecule has 1 amide bonds. The van der Waals surface area contributed by atoms with E-state index in [4.69, 9.17) is 9.47 Å². The maximum atomic E-state index is 12.8. The average Bonchev–Trinajstić information content (AvgIpc) is 3.30. The Morgan fingerprint density at radius 1 is 1.17 bits per heavy atom. The number of hydrogen-bond acceptors (Lipinski definition) is 6. The van der Waals surface area contributed by atoms with Crippen LogP contribution in [-0.4, -0.2) is 34.4 Å². The first kappa shape index (κ1) is 18.9. The third-order valence-electron chi connectivity index (χ3n) is 4.37. The number of benzene rings is 2. The average molecular weight is 408 g/mol. The number of rotatable bonds is 6. The summed E-state index contributed by atoms with van der Waals surface area (Å²) >= 11 is 1.41. The molecule has 0 unspecified atom stereocenters. The van der Waals surface area contributed by atoms with Crippen molar-refractivity contribution < 1.29 is 14.3 Å². The number of methoxy groups -OCH3 is 1. The molecule has 0 fully saturated rings. The number of carbonyl (C=O) groups excluding carboxylic acids is 1. The van der Waals surface area contributed by atoms with Crippen LogP contribution >= 0.6 is 11.3 Å². The quantitative estimate of drug-likeness (QED) is 0.513. The summed E-state index contributed by atoms with van der Waals surface area (Å²) in [7, 11) is 3.36. The van der Waals surface area contributed by atoms with Crippen LogP contribution in [0.3, 0.4) is 0 Å². The number of hydrogen-bond donors (Lipinski definition) is 1. The van der Waals surface area contributed by atoms with Crippen LogP contribution in [0, 0.1) is 0 Å². The van der Waals surface area contributed by atoms with E-state index in [1.165, 1.54) is 11.3 Å². The molecule has 7 nitrogen and oxygen atoms in total. The standard InChI is InChI=1S/C21H20N4O3S/c1-4-28-15-8-9-16-19(11-15)29-21(22-16)23-20(26)18-12-17(24-25(18)2)13-6-5-7-14(10-13)27-3/h5-12H,4H2,1-3H3,(H,22,23,26). The van der Waals surface area contributed by atoms with Crippen LogP contribution in [0.5, 0.6) is 11.5 Å². The number of aromatic nitrogens is 3. The number of nitrogens with zero attached hydrogens (tertiary/aromatic N) is 3. The van der Waals surface area contributed by atoms with E-state index in [-0.39, 0.29) is 5.91 Å². The lowest BCUT2D eigenvalue weighted by atomic mass is 10.1. The lowest BCUT2D eigenvalue weighted by Crippen LogP contribution is -2.15. The first-order valence-electron chi connectivity index (χ1n) is 9.10. The van der Waals surface area contributed by atoms with Gasteiger partial charge in [-0.2, -0.15) is 5.10 Å². The molecule has 0 saturated heterocycles. The number of ether oxygens (including phenoxy) is 2. The van der Waals surface area contributed by atoms with Gasteiger partial charge in [0.1, 0.15) is 17.2 Å². The monoisotopic (exact) mass is 408 g/mol. The van der Waals surface area contributed by atoms with Gasteiger partial charge in [-0.15, -0.1) is 0 Å². The Bertz CT molecular complexity index is 1180. The molecule has 0 aliphatic rings. The second-order valence-electron chi connectivity index (χ2n) is 6.31. The topological polar surface area (TPSA) is 78.3 Å². The molecule has 0 spiro atoms. The molecule has 0 atom stereocenters. The summed E-state index contributed by atoms with van der Waals surface area (Å²) in [5.74, 6) is 1.26. The molecule has 8 heteroatoms. The van der Waals surface area contributed by atoms with Gasteiger partial charge in [0.05, 0.1) is 29.6 Å². The molecule has 1 N–H and O–H groups in total. The first-order chi connectivity index (χ1) is 14.1. The van der Waals surface area contributed by atoms with Crippen LogP contribution in [0.4, 0.5) is 5.13 Å². The lowest BCUT2D eigenvalue weighted by molar-refractivity contribution is 0.101. The van der Waals surface area contributed by atoms with E-state index >= 15 is 0 Å². The van der Waals surface area contributed by atoms with E-state index in [0.29, 0.717) is 23.1 Å². The van der Waals surface area contributed by atoms with Crippen molar-refractivity contribution in [1.29, 1.82) is 0 Å². The van der Waals surface area contributed by atoms with Gasteiger partial charge in [0.15, 0.2) is 5.13 Å². The zero-order chi connectivity index (χ0) is 20.4. The Balaban J connectivity index is 1.57. The number of fused-ring (bicyclic) bond motifs is 1. The van der Waals surface area contributed by atoms with E-state index in [1.54, 1.807) is 24.9 Å². The molecule has 0 bridgehead atoms. The molecule has 29 heavy (non-hydrogen) atoms. The smallest absolute Gasteiger partial charge is 0.275 e. The van der Waals surface area contributed by atoms with Gasteiger partial charge >= 0.3 is 0 Å². The molecule has 148 valence electrons. The minimum absolute atomic E-state index is 0.266. The third-order valence-corrected chi connectivity index (χ3v) is 5.30. The number of thiazole rings is 1. The van der Waals surface area contributed by atoms with Gasteiger partial charge in [0.2, 0.25) is 0 Å². The summed E-state index contributed by atoms with van der Waals surface area (Å²) in [6, 6.07) is 15.0. The maximum absolute atomic E-state index is 12.8. The summed E-state index contributed by atoms with van der Waals surface area (Å²) in [6.07, 6.45) is 0. The van der Waals surface area contributed by atoms with Crippen LogP contribution in [0.15, 0.2) is 48.5 Å². The first-order valence-corrected chi connectivity index (χ1v) is 9.92. The van der Waals surface area contributed by atoms with E-state index in [1.807, 2.05) is 49.4 Å². The van der Waals surface area contributed by atoms with E-state index in [2.05, 4.69) is 15.4 Å². The molecular formula is C21H20N4O3S. The minimum atomic E-state index is -0.266. The fourth-order valence-electron chi connectivity index (χ4n) is 2.98. The van der Waals surface area contributed by atoms with Crippen molar-refractivity contribution in [3.05, 3.63) is 54.2 Å². The SMILES string of the molecule is CCOc1ccc2nc(NC(=O)c3cc(-c4cccc(OC)c4)nn3C)sc2c1. The Labute approximate surface area is 171 Å². The van der Waals surface area contributed by atoms with Crippen LogP contribution < -0.4 is 14.8 Å². The fourth-order valence-corrected chi connectivity index (χ4v) is 3.87. The van der Waals surface area contributed by atoms with Crippen LogP contribution in [0.2, 0.25) is 0 Å². The van der Waals surface area contributed by atoms with Gasteiger partial charge in [-0.3, -0.25) is 14.8 Å². The van der Waals surface area contributed by atoms with E-state index in [0.717, 1.165) is 27.3 Å². The van der Waals surface area contributed by atoms with Crippen molar-refractivity contribution in [2.75, 3.05) is 19.0 Å². The number of aryl methyl sites for hydroxylation is 1. The van der Waals surface area contributed by atoms with Crippen LogP contribution in [0.1, 0.15) is 17.4 Å². The van der Waals surface area contributed by atoms with Gasteiger partial charge in [-0.05, 0) is 43.3 Å². The molecule has 2 heterocycles. The minimum Gasteiger partial charge on any atom is -0.497 e. The zero-order valence-electron chi connectivity index (χ0n) is 16.3. The Hall–Kier alpha value is -3.39. The van der Waals surface area contributed by atoms with Crippen LogP contribution in [0.25, 0.3) is 21.5 Å². The third kappa shape index (κ3) is 3.93. The normalized spacial score (nSPS) is 10.9. The van der Waals surface area contributed by atoms with Crippen molar-refractivity contribution in [2.45, 2.75) is 6.92 Å². The van der Waals surface area contributed by atoms with Gasteiger partial charge < -0.3 is 9.47 Å². The fraction of sp³-hybridized carbons (Fsp3) is 0.190. The predicted octanol–water partition coefficient (Wildman–Crippen LogP) is 4.36. The molecule has 2 aromatic carbocycles. The summed E-state index contributed by atoms with van der Waals surface area (Å²) in [6.45, 7) is 2.54. The summed E-state index contributed by atoms with van der Waals surface area (Å²) in [5.41, 5.74) is 2.83. The maximum Gasteiger partial charge on any atom is 0.275 e. The number of carbonyl (C=O) groups is 1. The summed E-state index contributed by atoms with van der Waals surface area (Å²) in [4.78, 5) is 17.3. The molecule has 0 radical (unpaired) electrons. The van der Waals surface area contributed by atoms with Gasteiger partial charge in [0, 0.05) is 12.6 Å². The number of amides is 1. The van der Waals surface area contributed by atoms with Crippen molar-refractivity contribution in [3.8, 4) is 22.8 Å². The highest BCUT2D eigenvalue weighted by Crippen LogP contribution is 2.30. The van der Waals surface area contributed by atoms with Crippen LogP contribution in [-0.2, 0) is 7.05 Å². The molecule has 0 saturated carbocycles. The van der Waals surface area contributed by atoms with Gasteiger partial charge in [-0.25, -0.2) is 4.98 Å².